The first-order valence-corrected chi connectivity index (χ1v) is 4.90. The maximum Gasteiger partial charge on any atom is 0.162 e. The van der Waals surface area contributed by atoms with Gasteiger partial charge in [-0.25, -0.2) is 4.98 Å². The van der Waals surface area contributed by atoms with Gasteiger partial charge in [-0.05, 0) is 6.92 Å². The lowest BCUT2D eigenvalue weighted by Gasteiger charge is -2.16. The predicted molar refractivity (Wildman–Crippen MR) is 49.4 cm³/mol. The van der Waals surface area contributed by atoms with Gasteiger partial charge in [-0.2, -0.15) is 0 Å². The summed E-state index contributed by atoms with van der Waals surface area (Å²) in [5.74, 6) is 0.0990. The second-order valence-electron chi connectivity index (χ2n) is 2.89. The van der Waals surface area contributed by atoms with Gasteiger partial charge < -0.3 is 4.74 Å². The number of hydrogen-bond acceptors (Lipinski definition) is 4. The van der Waals surface area contributed by atoms with Crippen molar-refractivity contribution < 1.29 is 9.53 Å². The Hall–Kier alpha value is -1.16. The van der Waals surface area contributed by atoms with Crippen molar-refractivity contribution in [2.24, 2.45) is 0 Å². The van der Waals surface area contributed by atoms with Gasteiger partial charge in [-0.15, -0.1) is 11.3 Å². The Kier molecular flexibility index (Phi) is 2.14. The molecule has 2 rings (SSSR count). The fourth-order valence-corrected chi connectivity index (χ4v) is 1.87. The van der Waals surface area contributed by atoms with E-state index in [9.17, 15) is 4.79 Å². The van der Waals surface area contributed by atoms with Crippen LogP contribution in [0.15, 0.2) is 17.7 Å². The van der Waals surface area contributed by atoms with Gasteiger partial charge in [0.05, 0.1) is 23.4 Å². The summed E-state index contributed by atoms with van der Waals surface area (Å²) in [6.07, 6.45) is 3.13. The number of aromatic nitrogens is 1. The normalized spacial score (nSPS) is 21.6. The zero-order chi connectivity index (χ0) is 9.26. The topological polar surface area (TPSA) is 39.2 Å². The molecule has 1 atom stereocenters. The van der Waals surface area contributed by atoms with E-state index in [2.05, 4.69) is 4.98 Å². The lowest BCUT2D eigenvalue weighted by atomic mass is 10.1. The van der Waals surface area contributed by atoms with E-state index < -0.39 is 0 Å². The molecule has 0 radical (unpaired) electrons. The number of ether oxygens (including phenoxy) is 1. The first-order chi connectivity index (χ1) is 6.25. The summed E-state index contributed by atoms with van der Waals surface area (Å²) in [7, 11) is 0. The molecule has 13 heavy (non-hydrogen) atoms. The van der Waals surface area contributed by atoms with Crippen molar-refractivity contribution in [3.63, 3.8) is 0 Å². The number of aryl methyl sites for hydroxylation is 1. The molecule has 4 heteroatoms. The van der Waals surface area contributed by atoms with Crippen molar-refractivity contribution in [3.05, 3.63) is 28.4 Å². The molecule has 0 bridgehead atoms. The zero-order valence-corrected chi connectivity index (χ0v) is 8.00. The van der Waals surface area contributed by atoms with Gasteiger partial charge in [0.25, 0.3) is 0 Å². The number of ketones is 1. The van der Waals surface area contributed by atoms with Gasteiger partial charge in [0.2, 0.25) is 0 Å². The first kappa shape index (κ1) is 8.44. The summed E-state index contributed by atoms with van der Waals surface area (Å²) in [6, 6.07) is 0. The average Bonchev–Trinajstić information content (AvgIpc) is 2.52. The van der Waals surface area contributed by atoms with Crippen molar-refractivity contribution in [2.75, 3.05) is 0 Å². The van der Waals surface area contributed by atoms with Gasteiger partial charge >= 0.3 is 0 Å². The van der Waals surface area contributed by atoms with Crippen LogP contribution in [0.5, 0.6) is 0 Å². The van der Waals surface area contributed by atoms with Crippen LogP contribution in [0.1, 0.15) is 23.2 Å². The van der Waals surface area contributed by atoms with E-state index in [-0.39, 0.29) is 11.9 Å². The average molecular weight is 195 g/mol. The maximum absolute atomic E-state index is 11.1. The van der Waals surface area contributed by atoms with Crippen LogP contribution in [0.25, 0.3) is 0 Å². The SMILES string of the molecule is Cc1nc(C2CC(=O)C=CO2)cs1. The van der Waals surface area contributed by atoms with E-state index in [0.717, 1.165) is 10.7 Å². The zero-order valence-electron chi connectivity index (χ0n) is 7.19. The summed E-state index contributed by atoms with van der Waals surface area (Å²) < 4.78 is 5.29. The minimum atomic E-state index is -0.178. The third-order valence-electron chi connectivity index (χ3n) is 1.85. The lowest BCUT2D eigenvalue weighted by molar-refractivity contribution is -0.118. The Labute approximate surface area is 80.1 Å². The van der Waals surface area contributed by atoms with Crippen LogP contribution in [0.2, 0.25) is 0 Å². The molecule has 0 saturated heterocycles. The molecule has 1 unspecified atom stereocenters. The van der Waals surface area contributed by atoms with Gasteiger partial charge in [0.1, 0.15) is 6.10 Å². The van der Waals surface area contributed by atoms with Crippen molar-refractivity contribution in [3.8, 4) is 0 Å². The van der Waals surface area contributed by atoms with Crippen LogP contribution in [0.3, 0.4) is 0 Å². The molecule has 0 aromatic carbocycles. The minimum Gasteiger partial charge on any atom is -0.491 e. The molecule has 0 amide bonds. The van der Waals surface area contributed by atoms with E-state index in [1.54, 1.807) is 11.3 Å². The molecule has 0 spiro atoms. The number of thiazole rings is 1. The second kappa shape index (κ2) is 3.30. The van der Waals surface area contributed by atoms with E-state index >= 15 is 0 Å². The van der Waals surface area contributed by atoms with E-state index in [4.69, 9.17) is 4.74 Å². The molecule has 0 N–H and O–H groups in total. The standard InChI is InChI=1S/C9H9NO2S/c1-6-10-8(5-13-6)9-4-7(11)2-3-12-9/h2-3,5,9H,4H2,1H3. The summed E-state index contributed by atoms with van der Waals surface area (Å²) in [5.41, 5.74) is 0.861. The number of hydrogen-bond donors (Lipinski definition) is 0. The Balaban J connectivity index is 2.18. The molecule has 1 aliphatic rings. The highest BCUT2D eigenvalue weighted by molar-refractivity contribution is 7.09. The van der Waals surface area contributed by atoms with Crippen molar-refractivity contribution in [1.82, 2.24) is 4.98 Å². The highest BCUT2D eigenvalue weighted by Gasteiger charge is 2.20. The quantitative estimate of drug-likeness (QED) is 0.688. The number of carbonyl (C=O) groups is 1. The van der Waals surface area contributed by atoms with Crippen LogP contribution < -0.4 is 0 Å². The Morgan fingerprint density at radius 2 is 2.54 bits per heavy atom. The summed E-state index contributed by atoms with van der Waals surface area (Å²) in [4.78, 5) is 15.3. The fraction of sp³-hybridized carbons (Fsp3) is 0.333. The number of nitrogens with zero attached hydrogens (tertiary/aromatic N) is 1. The third-order valence-corrected chi connectivity index (χ3v) is 2.64. The van der Waals surface area contributed by atoms with Gasteiger partial charge in [0, 0.05) is 11.5 Å². The monoisotopic (exact) mass is 195 g/mol. The second-order valence-corrected chi connectivity index (χ2v) is 3.95. The first-order valence-electron chi connectivity index (χ1n) is 4.02. The maximum atomic E-state index is 11.1. The van der Waals surface area contributed by atoms with E-state index in [1.165, 1.54) is 12.3 Å². The molecule has 3 nitrogen and oxygen atoms in total. The molecule has 1 aromatic heterocycles. The number of rotatable bonds is 1. The molecular weight excluding hydrogens is 186 g/mol. The van der Waals surface area contributed by atoms with Crippen molar-refractivity contribution >= 4 is 17.1 Å². The molecule has 0 saturated carbocycles. The van der Waals surface area contributed by atoms with Gasteiger partial charge in [-0.3, -0.25) is 4.79 Å². The molecule has 0 aliphatic carbocycles. The van der Waals surface area contributed by atoms with Crippen LogP contribution in [0, 0.1) is 6.92 Å². The van der Waals surface area contributed by atoms with E-state index in [1.807, 2.05) is 12.3 Å². The van der Waals surface area contributed by atoms with Crippen LogP contribution >= 0.6 is 11.3 Å². The third kappa shape index (κ3) is 1.78. The van der Waals surface area contributed by atoms with E-state index in [0.29, 0.717) is 6.42 Å². The Morgan fingerprint density at radius 1 is 1.69 bits per heavy atom. The van der Waals surface area contributed by atoms with Crippen molar-refractivity contribution in [1.29, 1.82) is 0 Å². The smallest absolute Gasteiger partial charge is 0.162 e. The number of carbonyl (C=O) groups excluding carboxylic acids is 1. The van der Waals surface area contributed by atoms with Gasteiger partial charge in [0.15, 0.2) is 5.78 Å². The summed E-state index contributed by atoms with van der Waals surface area (Å²) in [6.45, 7) is 1.94. The van der Waals surface area contributed by atoms with Crippen LogP contribution in [-0.2, 0) is 9.53 Å². The molecule has 1 aromatic rings. The van der Waals surface area contributed by atoms with Crippen LogP contribution in [0.4, 0.5) is 0 Å². The molecule has 68 valence electrons. The summed E-state index contributed by atoms with van der Waals surface area (Å²) in [5, 5.41) is 2.94. The molecule has 1 aliphatic heterocycles. The highest BCUT2D eigenvalue weighted by Crippen LogP contribution is 2.25. The lowest BCUT2D eigenvalue weighted by Crippen LogP contribution is -2.11. The highest BCUT2D eigenvalue weighted by atomic mass is 32.1. The van der Waals surface area contributed by atoms with Gasteiger partial charge in [-0.1, -0.05) is 0 Å². The predicted octanol–water partition coefficient (Wildman–Crippen LogP) is 2.00. The minimum absolute atomic E-state index is 0.0990. The summed E-state index contributed by atoms with van der Waals surface area (Å²) >= 11 is 1.57. The van der Waals surface area contributed by atoms with Crippen molar-refractivity contribution in [2.45, 2.75) is 19.4 Å². The Morgan fingerprint density at radius 3 is 3.15 bits per heavy atom. The molecule has 2 heterocycles. The molecular formula is C9H9NO2S. The fourth-order valence-electron chi connectivity index (χ4n) is 1.21. The Bertz CT molecular complexity index is 356. The largest absolute Gasteiger partial charge is 0.491 e. The molecule has 0 fully saturated rings. The van der Waals surface area contributed by atoms with Crippen LogP contribution in [-0.4, -0.2) is 10.8 Å². The number of allylic oxidation sites excluding steroid dienone is 1.